The lowest BCUT2D eigenvalue weighted by Gasteiger charge is -2.29. The molecule has 1 heterocycles. The van der Waals surface area contributed by atoms with Gasteiger partial charge in [-0.2, -0.15) is 9.57 Å². The molecule has 0 saturated carbocycles. The van der Waals surface area contributed by atoms with Gasteiger partial charge in [-0.1, -0.05) is 6.92 Å². The summed E-state index contributed by atoms with van der Waals surface area (Å²) in [5, 5.41) is 10.9. The first-order chi connectivity index (χ1) is 8.93. The number of likely N-dealkylation sites (N-methyl/N-ethyl adjacent to an activating group) is 1. The maximum atomic E-state index is 12.0. The lowest BCUT2D eigenvalue weighted by atomic mass is 10.3. The molecule has 0 bridgehead atoms. The Morgan fingerprint density at radius 3 is 2.53 bits per heavy atom. The predicted molar refractivity (Wildman–Crippen MR) is 70.7 cm³/mol. The standard InChI is InChI=1S/C11H20N4O3S/c1-3-10(8-12)19(17,18)14(2)9-11(16)15-6-4-13-5-7-15/h10,13H,3-7,9H2,1-2H3. The fourth-order valence-corrected chi connectivity index (χ4v) is 3.16. The number of nitrogens with one attached hydrogen (secondary N) is 1. The zero-order valence-electron chi connectivity index (χ0n) is 11.3. The largest absolute Gasteiger partial charge is 0.339 e. The molecule has 1 rings (SSSR count). The first-order valence-corrected chi connectivity index (χ1v) is 7.77. The van der Waals surface area contributed by atoms with Crippen LogP contribution in [-0.2, 0) is 14.8 Å². The lowest BCUT2D eigenvalue weighted by Crippen LogP contribution is -2.50. The monoisotopic (exact) mass is 288 g/mol. The van der Waals surface area contributed by atoms with Gasteiger partial charge >= 0.3 is 0 Å². The van der Waals surface area contributed by atoms with Gasteiger partial charge in [0.05, 0.1) is 12.6 Å². The van der Waals surface area contributed by atoms with Crippen molar-refractivity contribution in [3.05, 3.63) is 0 Å². The molecule has 0 aliphatic carbocycles. The summed E-state index contributed by atoms with van der Waals surface area (Å²) in [4.78, 5) is 13.6. The summed E-state index contributed by atoms with van der Waals surface area (Å²) < 4.78 is 25.0. The van der Waals surface area contributed by atoms with Crippen molar-refractivity contribution in [2.24, 2.45) is 0 Å². The predicted octanol–water partition coefficient (Wildman–Crippen LogP) is -1.02. The minimum atomic E-state index is -3.73. The number of carbonyl (C=O) groups excluding carboxylic acids is 1. The molecule has 0 spiro atoms. The van der Waals surface area contributed by atoms with Gasteiger partial charge in [-0.05, 0) is 6.42 Å². The second kappa shape index (κ2) is 6.84. The van der Waals surface area contributed by atoms with Gasteiger partial charge in [0.2, 0.25) is 15.9 Å². The highest BCUT2D eigenvalue weighted by Gasteiger charge is 2.30. The van der Waals surface area contributed by atoms with E-state index in [-0.39, 0.29) is 18.9 Å². The molecule has 0 aromatic heterocycles. The van der Waals surface area contributed by atoms with E-state index in [1.54, 1.807) is 17.9 Å². The van der Waals surface area contributed by atoms with Crippen molar-refractivity contribution >= 4 is 15.9 Å². The summed E-state index contributed by atoms with van der Waals surface area (Å²) in [6, 6.07) is 1.76. The molecule has 1 amide bonds. The number of nitrogens with zero attached hydrogens (tertiary/aromatic N) is 3. The third-order valence-corrected chi connectivity index (χ3v) is 5.29. The number of rotatable bonds is 5. The molecule has 19 heavy (non-hydrogen) atoms. The molecule has 0 radical (unpaired) electrons. The van der Waals surface area contributed by atoms with Crippen LogP contribution in [0.4, 0.5) is 0 Å². The van der Waals surface area contributed by atoms with E-state index < -0.39 is 15.3 Å². The molecule has 1 atom stereocenters. The highest BCUT2D eigenvalue weighted by Crippen LogP contribution is 2.10. The van der Waals surface area contributed by atoms with Gasteiger partial charge in [0.15, 0.2) is 5.25 Å². The Morgan fingerprint density at radius 1 is 1.47 bits per heavy atom. The van der Waals surface area contributed by atoms with Crippen molar-refractivity contribution < 1.29 is 13.2 Å². The van der Waals surface area contributed by atoms with Crippen molar-refractivity contribution in [3.63, 3.8) is 0 Å². The van der Waals surface area contributed by atoms with Crippen molar-refractivity contribution in [2.75, 3.05) is 39.8 Å². The minimum absolute atomic E-state index is 0.208. The fraction of sp³-hybridized carbons (Fsp3) is 0.818. The van der Waals surface area contributed by atoms with Crippen LogP contribution in [0.25, 0.3) is 0 Å². The Hall–Kier alpha value is -1.17. The average molecular weight is 288 g/mol. The number of carbonyl (C=O) groups is 1. The van der Waals surface area contributed by atoms with Crippen LogP contribution < -0.4 is 5.32 Å². The van der Waals surface area contributed by atoms with Crippen LogP contribution in [0.15, 0.2) is 0 Å². The smallest absolute Gasteiger partial charge is 0.237 e. The van der Waals surface area contributed by atoms with Gasteiger partial charge in [0.1, 0.15) is 0 Å². The Labute approximate surface area is 114 Å². The van der Waals surface area contributed by atoms with Gasteiger partial charge < -0.3 is 10.2 Å². The maximum absolute atomic E-state index is 12.0. The zero-order chi connectivity index (χ0) is 14.5. The van der Waals surface area contributed by atoms with E-state index in [0.717, 1.165) is 17.4 Å². The van der Waals surface area contributed by atoms with E-state index >= 15 is 0 Å². The van der Waals surface area contributed by atoms with Gasteiger partial charge in [-0.15, -0.1) is 0 Å². The fourth-order valence-electron chi connectivity index (χ4n) is 1.88. The van der Waals surface area contributed by atoms with Crippen LogP contribution in [0.1, 0.15) is 13.3 Å². The summed E-state index contributed by atoms with van der Waals surface area (Å²) in [5.74, 6) is -0.222. The van der Waals surface area contributed by atoms with E-state index in [1.165, 1.54) is 7.05 Å². The second-order valence-corrected chi connectivity index (χ2v) is 6.68. The van der Waals surface area contributed by atoms with Crippen LogP contribution in [0.5, 0.6) is 0 Å². The Balaban J connectivity index is 2.65. The third kappa shape index (κ3) is 3.89. The molecule has 1 aliphatic rings. The molecule has 8 heteroatoms. The van der Waals surface area contributed by atoms with Crippen LogP contribution in [-0.4, -0.2) is 68.6 Å². The molecule has 0 aromatic carbocycles. The number of piperazine rings is 1. The van der Waals surface area contributed by atoms with Crippen molar-refractivity contribution in [1.82, 2.24) is 14.5 Å². The Bertz CT molecular complexity index is 451. The van der Waals surface area contributed by atoms with E-state index in [2.05, 4.69) is 5.32 Å². The van der Waals surface area contributed by atoms with E-state index in [4.69, 9.17) is 5.26 Å². The second-order valence-electron chi connectivity index (χ2n) is 4.46. The highest BCUT2D eigenvalue weighted by molar-refractivity contribution is 7.90. The van der Waals surface area contributed by atoms with Gasteiger partial charge in [0, 0.05) is 33.2 Å². The molecule has 1 N–H and O–H groups in total. The van der Waals surface area contributed by atoms with Crippen LogP contribution in [0, 0.1) is 11.3 Å². The summed E-state index contributed by atoms with van der Waals surface area (Å²) in [5.41, 5.74) is 0. The quantitative estimate of drug-likeness (QED) is 0.699. The van der Waals surface area contributed by atoms with E-state index in [0.29, 0.717) is 13.1 Å². The first kappa shape index (κ1) is 15.9. The molecule has 1 unspecified atom stereocenters. The summed E-state index contributed by atoms with van der Waals surface area (Å²) in [6.07, 6.45) is 0.213. The minimum Gasteiger partial charge on any atom is -0.339 e. The summed E-state index contributed by atoms with van der Waals surface area (Å²) in [7, 11) is -2.38. The molecule has 108 valence electrons. The van der Waals surface area contributed by atoms with Crippen LogP contribution in [0.2, 0.25) is 0 Å². The molecule has 1 fully saturated rings. The van der Waals surface area contributed by atoms with Gasteiger partial charge in [-0.25, -0.2) is 8.42 Å². The summed E-state index contributed by atoms with van der Waals surface area (Å²) in [6.45, 7) is 4.04. The number of nitriles is 1. The lowest BCUT2D eigenvalue weighted by molar-refractivity contribution is -0.131. The molecule has 1 saturated heterocycles. The molecular weight excluding hydrogens is 268 g/mol. The highest BCUT2D eigenvalue weighted by atomic mass is 32.2. The van der Waals surface area contributed by atoms with Crippen molar-refractivity contribution in [1.29, 1.82) is 5.26 Å². The molecular formula is C11H20N4O3S. The SMILES string of the molecule is CCC(C#N)S(=O)(=O)N(C)CC(=O)N1CCNCC1. The molecule has 7 nitrogen and oxygen atoms in total. The Kier molecular flexibility index (Phi) is 5.72. The maximum Gasteiger partial charge on any atom is 0.237 e. The first-order valence-electron chi connectivity index (χ1n) is 6.26. The molecule has 0 aromatic rings. The Morgan fingerprint density at radius 2 is 2.05 bits per heavy atom. The third-order valence-electron chi connectivity index (χ3n) is 3.14. The normalized spacial score (nSPS) is 18.1. The van der Waals surface area contributed by atoms with E-state index in [9.17, 15) is 13.2 Å². The van der Waals surface area contributed by atoms with E-state index in [1.807, 2.05) is 0 Å². The summed E-state index contributed by atoms with van der Waals surface area (Å²) >= 11 is 0. The number of hydrogen-bond donors (Lipinski definition) is 1. The van der Waals surface area contributed by atoms with Gasteiger partial charge in [-0.3, -0.25) is 4.79 Å². The van der Waals surface area contributed by atoms with Crippen LogP contribution in [0.3, 0.4) is 0 Å². The van der Waals surface area contributed by atoms with Crippen molar-refractivity contribution in [3.8, 4) is 6.07 Å². The van der Waals surface area contributed by atoms with Crippen LogP contribution >= 0.6 is 0 Å². The van der Waals surface area contributed by atoms with Gasteiger partial charge in [0.25, 0.3) is 0 Å². The topological polar surface area (TPSA) is 93.5 Å². The average Bonchev–Trinajstić information content (AvgIpc) is 2.40. The number of amides is 1. The number of hydrogen-bond acceptors (Lipinski definition) is 5. The zero-order valence-corrected chi connectivity index (χ0v) is 12.1. The van der Waals surface area contributed by atoms with Crippen molar-refractivity contribution in [2.45, 2.75) is 18.6 Å². The molecule has 1 aliphatic heterocycles. The number of sulfonamides is 1.